The second kappa shape index (κ2) is 4.50. The van der Waals surface area contributed by atoms with Crippen molar-refractivity contribution >= 4 is 5.69 Å². The zero-order valence-corrected chi connectivity index (χ0v) is 9.72. The van der Waals surface area contributed by atoms with E-state index in [0.29, 0.717) is 5.41 Å². The molecule has 1 fully saturated rings. The normalized spacial score (nSPS) is 16.6. The van der Waals surface area contributed by atoms with Gasteiger partial charge in [-0.05, 0) is 29.9 Å². The third-order valence-electron chi connectivity index (χ3n) is 2.85. The van der Waals surface area contributed by atoms with Crippen LogP contribution in [0.2, 0.25) is 0 Å². The first-order chi connectivity index (χ1) is 6.76. The second-order valence-corrected chi connectivity index (χ2v) is 3.86. The molecule has 2 rings (SSSR count). The number of benzene rings is 1. The van der Waals surface area contributed by atoms with Gasteiger partial charge in [-0.3, -0.25) is 0 Å². The molecular weight excluding hydrogens is 170 g/mol. The highest BCUT2D eigenvalue weighted by Gasteiger charge is 2.40. The molecule has 0 aromatic heterocycles. The van der Waals surface area contributed by atoms with Gasteiger partial charge in [0.15, 0.2) is 0 Å². The molecule has 0 aliphatic heterocycles. The van der Waals surface area contributed by atoms with Gasteiger partial charge in [0.05, 0.1) is 0 Å². The maximum absolute atomic E-state index is 3.24. The van der Waals surface area contributed by atoms with Crippen LogP contribution in [0.5, 0.6) is 0 Å². The lowest BCUT2D eigenvalue weighted by atomic mass is 9.96. The van der Waals surface area contributed by atoms with Crippen molar-refractivity contribution in [3.63, 3.8) is 0 Å². The maximum Gasteiger partial charge on any atom is 0.0375 e. The van der Waals surface area contributed by atoms with Crippen LogP contribution in [-0.4, -0.2) is 7.05 Å². The summed E-state index contributed by atoms with van der Waals surface area (Å²) in [4.78, 5) is 0. The summed E-state index contributed by atoms with van der Waals surface area (Å²) in [6, 6.07) is 8.60. The fourth-order valence-corrected chi connectivity index (χ4v) is 1.68. The minimum Gasteiger partial charge on any atom is -0.388 e. The molecule has 14 heavy (non-hydrogen) atoms. The molecule has 0 radical (unpaired) electrons. The lowest BCUT2D eigenvalue weighted by molar-refractivity contribution is 0.790. The first-order valence-corrected chi connectivity index (χ1v) is 5.53. The van der Waals surface area contributed by atoms with E-state index < -0.39 is 0 Å². The van der Waals surface area contributed by atoms with Gasteiger partial charge in [0, 0.05) is 12.7 Å². The van der Waals surface area contributed by atoms with Crippen molar-refractivity contribution in [1.82, 2.24) is 0 Å². The van der Waals surface area contributed by atoms with Crippen LogP contribution in [0, 0.1) is 0 Å². The minimum absolute atomic E-state index is 0.472. The molecular formula is C13H21N. The smallest absolute Gasteiger partial charge is 0.0375 e. The maximum atomic E-state index is 3.24. The quantitative estimate of drug-likeness (QED) is 0.749. The van der Waals surface area contributed by atoms with E-state index in [-0.39, 0.29) is 0 Å². The first-order valence-electron chi connectivity index (χ1n) is 5.53. The fraction of sp³-hybridized carbons (Fsp3) is 0.538. The Morgan fingerprint density at radius 2 is 1.71 bits per heavy atom. The van der Waals surface area contributed by atoms with Gasteiger partial charge in [0.2, 0.25) is 0 Å². The molecule has 0 amide bonds. The monoisotopic (exact) mass is 191 g/mol. The van der Waals surface area contributed by atoms with E-state index in [9.17, 15) is 0 Å². The SMILES string of the molecule is CC.CNc1ccccc1C1(C)CC1. The Morgan fingerprint density at radius 1 is 1.14 bits per heavy atom. The van der Waals surface area contributed by atoms with Gasteiger partial charge in [0.25, 0.3) is 0 Å². The number of nitrogens with one attached hydrogen (secondary N) is 1. The van der Waals surface area contributed by atoms with Gasteiger partial charge < -0.3 is 5.32 Å². The van der Waals surface area contributed by atoms with Crippen LogP contribution >= 0.6 is 0 Å². The van der Waals surface area contributed by atoms with E-state index in [2.05, 4.69) is 36.5 Å². The van der Waals surface area contributed by atoms with Crippen LogP contribution < -0.4 is 5.32 Å². The summed E-state index contributed by atoms with van der Waals surface area (Å²) in [7, 11) is 1.99. The van der Waals surface area contributed by atoms with Crippen LogP contribution in [0.25, 0.3) is 0 Å². The van der Waals surface area contributed by atoms with Crippen molar-refractivity contribution in [3.8, 4) is 0 Å². The highest BCUT2D eigenvalue weighted by molar-refractivity contribution is 5.55. The molecule has 1 N–H and O–H groups in total. The standard InChI is InChI=1S/C11H15N.C2H6/c1-11(7-8-11)9-5-3-4-6-10(9)12-2;1-2/h3-6,12H,7-8H2,1-2H3;1-2H3. The summed E-state index contributed by atoms with van der Waals surface area (Å²) in [5, 5.41) is 3.24. The molecule has 1 aromatic carbocycles. The minimum atomic E-state index is 0.472. The third kappa shape index (κ3) is 2.09. The first kappa shape index (κ1) is 11.1. The molecule has 78 valence electrons. The van der Waals surface area contributed by atoms with Crippen molar-refractivity contribution in [2.75, 3.05) is 12.4 Å². The summed E-state index contributed by atoms with van der Waals surface area (Å²) in [6.07, 6.45) is 2.68. The number of hydrogen-bond donors (Lipinski definition) is 1. The average molecular weight is 191 g/mol. The second-order valence-electron chi connectivity index (χ2n) is 3.86. The van der Waals surface area contributed by atoms with Crippen LogP contribution in [-0.2, 0) is 5.41 Å². The number of anilines is 1. The topological polar surface area (TPSA) is 12.0 Å². The summed E-state index contributed by atoms with van der Waals surface area (Å²) in [5.41, 5.74) is 3.24. The fourth-order valence-electron chi connectivity index (χ4n) is 1.68. The Morgan fingerprint density at radius 3 is 2.21 bits per heavy atom. The van der Waals surface area contributed by atoms with E-state index in [4.69, 9.17) is 0 Å². The molecule has 1 saturated carbocycles. The molecule has 0 atom stereocenters. The zero-order valence-electron chi connectivity index (χ0n) is 9.72. The Kier molecular flexibility index (Phi) is 3.56. The number of rotatable bonds is 2. The Balaban J connectivity index is 0.000000461. The number of para-hydroxylation sites is 1. The molecule has 1 nitrogen and oxygen atoms in total. The summed E-state index contributed by atoms with van der Waals surface area (Å²) in [6.45, 7) is 6.34. The van der Waals surface area contributed by atoms with Gasteiger partial charge in [-0.25, -0.2) is 0 Å². The highest BCUT2D eigenvalue weighted by atomic mass is 14.8. The average Bonchev–Trinajstić information content (AvgIpc) is 3.01. The third-order valence-corrected chi connectivity index (χ3v) is 2.85. The van der Waals surface area contributed by atoms with Gasteiger partial charge in [-0.2, -0.15) is 0 Å². The lowest BCUT2D eigenvalue weighted by Crippen LogP contribution is -2.04. The van der Waals surface area contributed by atoms with Crippen LogP contribution in [0.15, 0.2) is 24.3 Å². The Labute approximate surface area is 87.5 Å². The molecule has 0 spiro atoms. The molecule has 1 aliphatic carbocycles. The van der Waals surface area contributed by atoms with Gasteiger partial charge in [-0.1, -0.05) is 39.0 Å². The predicted octanol–water partition coefficient (Wildman–Crippen LogP) is 3.81. The van der Waals surface area contributed by atoms with Crippen molar-refractivity contribution in [2.24, 2.45) is 0 Å². The van der Waals surface area contributed by atoms with Crippen LogP contribution in [0.3, 0.4) is 0 Å². The van der Waals surface area contributed by atoms with Crippen molar-refractivity contribution < 1.29 is 0 Å². The summed E-state index contributed by atoms with van der Waals surface area (Å²) >= 11 is 0. The Bertz CT molecular complexity index is 287. The van der Waals surface area contributed by atoms with Gasteiger partial charge in [-0.15, -0.1) is 0 Å². The molecule has 0 bridgehead atoms. The molecule has 1 aliphatic rings. The highest BCUT2D eigenvalue weighted by Crippen LogP contribution is 2.49. The molecule has 1 heteroatoms. The molecule has 0 saturated heterocycles. The van der Waals surface area contributed by atoms with Crippen LogP contribution in [0.4, 0.5) is 5.69 Å². The van der Waals surface area contributed by atoms with E-state index in [1.54, 1.807) is 0 Å². The van der Waals surface area contributed by atoms with E-state index in [1.807, 2.05) is 20.9 Å². The lowest BCUT2D eigenvalue weighted by Gasteiger charge is -2.13. The van der Waals surface area contributed by atoms with E-state index >= 15 is 0 Å². The predicted molar refractivity (Wildman–Crippen MR) is 63.9 cm³/mol. The van der Waals surface area contributed by atoms with E-state index in [0.717, 1.165) is 0 Å². The molecule has 0 unspecified atom stereocenters. The summed E-state index contributed by atoms with van der Waals surface area (Å²) < 4.78 is 0. The summed E-state index contributed by atoms with van der Waals surface area (Å²) in [5.74, 6) is 0. The van der Waals surface area contributed by atoms with Gasteiger partial charge in [0.1, 0.15) is 0 Å². The zero-order chi connectivity index (χ0) is 10.6. The largest absolute Gasteiger partial charge is 0.388 e. The van der Waals surface area contributed by atoms with E-state index in [1.165, 1.54) is 24.1 Å². The van der Waals surface area contributed by atoms with Crippen LogP contribution in [0.1, 0.15) is 39.2 Å². The molecule has 0 heterocycles. The molecule has 1 aromatic rings. The Hall–Kier alpha value is -0.980. The van der Waals surface area contributed by atoms with Crippen molar-refractivity contribution in [2.45, 2.75) is 39.0 Å². The van der Waals surface area contributed by atoms with Gasteiger partial charge >= 0.3 is 0 Å². The van der Waals surface area contributed by atoms with Crippen molar-refractivity contribution in [1.29, 1.82) is 0 Å². The number of hydrogen-bond acceptors (Lipinski definition) is 1. The van der Waals surface area contributed by atoms with Crippen molar-refractivity contribution in [3.05, 3.63) is 29.8 Å².